The summed E-state index contributed by atoms with van der Waals surface area (Å²) < 4.78 is 0. The average Bonchev–Trinajstić information content (AvgIpc) is 2.38. The van der Waals surface area contributed by atoms with Gasteiger partial charge in [0, 0.05) is 23.7 Å². The second kappa shape index (κ2) is 7.85. The van der Waals surface area contributed by atoms with Gasteiger partial charge in [0.1, 0.15) is 0 Å². The Morgan fingerprint density at radius 1 is 1.32 bits per heavy atom. The van der Waals surface area contributed by atoms with Crippen LogP contribution in [0.1, 0.15) is 38.3 Å². The molecule has 1 rings (SSSR count). The fraction of sp³-hybridized carbons (Fsp3) is 0.600. The molecule has 0 saturated heterocycles. The summed E-state index contributed by atoms with van der Waals surface area (Å²) in [5, 5.41) is 10.1. The van der Waals surface area contributed by atoms with Crippen molar-refractivity contribution in [1.29, 1.82) is 0 Å². The van der Waals surface area contributed by atoms with Crippen molar-refractivity contribution in [3.63, 3.8) is 0 Å². The van der Waals surface area contributed by atoms with E-state index < -0.39 is 0 Å². The van der Waals surface area contributed by atoms with E-state index in [9.17, 15) is 5.11 Å². The van der Waals surface area contributed by atoms with Crippen molar-refractivity contribution in [3.05, 3.63) is 34.9 Å². The zero-order chi connectivity index (χ0) is 14.4. The largest absolute Gasteiger partial charge is 0.393 e. The highest BCUT2D eigenvalue weighted by atomic mass is 35.5. The van der Waals surface area contributed by atoms with Crippen LogP contribution >= 0.6 is 11.6 Å². The van der Waals surface area contributed by atoms with Crippen LogP contribution in [0.3, 0.4) is 0 Å². The molecule has 0 aliphatic carbocycles. The summed E-state index contributed by atoms with van der Waals surface area (Å²) in [7, 11) is 2.05. The summed E-state index contributed by atoms with van der Waals surface area (Å²) in [5.74, 6) is 0. The number of aliphatic hydroxyl groups is 1. The van der Waals surface area contributed by atoms with Gasteiger partial charge in [0.05, 0.1) is 6.10 Å². The van der Waals surface area contributed by atoms with Gasteiger partial charge in [-0.2, -0.15) is 0 Å². The third-order valence-corrected chi connectivity index (χ3v) is 3.71. The zero-order valence-corrected chi connectivity index (χ0v) is 12.8. The molecule has 0 fully saturated rings. The molecule has 0 spiro atoms. The van der Waals surface area contributed by atoms with Crippen LogP contribution in [-0.2, 0) is 0 Å². The quantitative estimate of drug-likeness (QED) is 0.809. The highest BCUT2D eigenvalue weighted by Crippen LogP contribution is 2.25. The molecule has 3 atom stereocenters. The fourth-order valence-corrected chi connectivity index (χ4v) is 2.37. The molecule has 0 aromatic heterocycles. The normalized spacial score (nSPS) is 16.4. The molecule has 0 radical (unpaired) electrons. The van der Waals surface area contributed by atoms with E-state index >= 15 is 0 Å². The smallest absolute Gasteiger partial charge is 0.0524 e. The number of hydrogen-bond acceptors (Lipinski definition) is 3. The number of nitrogens with zero attached hydrogens (tertiary/aromatic N) is 1. The maximum Gasteiger partial charge on any atom is 0.0524 e. The van der Waals surface area contributed by atoms with Gasteiger partial charge in [-0.3, -0.25) is 4.90 Å². The maximum absolute atomic E-state index is 9.41. The van der Waals surface area contributed by atoms with Crippen molar-refractivity contribution < 1.29 is 5.11 Å². The van der Waals surface area contributed by atoms with Gasteiger partial charge in [-0.1, -0.05) is 30.7 Å². The molecule has 108 valence electrons. The summed E-state index contributed by atoms with van der Waals surface area (Å²) in [5.41, 5.74) is 7.43. The summed E-state index contributed by atoms with van der Waals surface area (Å²) in [6.45, 7) is 4.72. The van der Waals surface area contributed by atoms with Crippen molar-refractivity contribution in [2.24, 2.45) is 5.73 Å². The van der Waals surface area contributed by atoms with Gasteiger partial charge in [-0.25, -0.2) is 0 Å². The number of aliphatic hydroxyl groups excluding tert-OH is 1. The first-order chi connectivity index (χ1) is 8.95. The number of nitrogens with two attached hydrogens (primary N) is 1. The molecule has 3 unspecified atom stereocenters. The van der Waals surface area contributed by atoms with E-state index in [1.165, 1.54) is 5.56 Å². The molecule has 0 bridgehead atoms. The van der Waals surface area contributed by atoms with Crippen LogP contribution in [0.15, 0.2) is 24.3 Å². The summed E-state index contributed by atoms with van der Waals surface area (Å²) in [4.78, 5) is 2.21. The molecule has 0 heterocycles. The van der Waals surface area contributed by atoms with Gasteiger partial charge in [0.25, 0.3) is 0 Å². The minimum atomic E-state index is -0.286. The van der Waals surface area contributed by atoms with E-state index in [4.69, 9.17) is 17.3 Å². The van der Waals surface area contributed by atoms with E-state index in [0.717, 1.165) is 24.4 Å². The number of rotatable bonds is 7. The molecule has 1 aromatic rings. The molecule has 3 nitrogen and oxygen atoms in total. The predicted molar refractivity (Wildman–Crippen MR) is 81.4 cm³/mol. The van der Waals surface area contributed by atoms with Crippen LogP contribution in [0.4, 0.5) is 0 Å². The second-order valence-corrected chi connectivity index (χ2v) is 5.62. The topological polar surface area (TPSA) is 49.5 Å². The number of likely N-dealkylation sites (N-methyl/N-ethyl adjacent to an activating group) is 1. The number of hydrogen-bond donors (Lipinski definition) is 2. The second-order valence-electron chi connectivity index (χ2n) is 5.19. The molecule has 0 aliphatic heterocycles. The van der Waals surface area contributed by atoms with Crippen LogP contribution < -0.4 is 5.73 Å². The van der Waals surface area contributed by atoms with Crippen molar-refractivity contribution in [2.45, 2.75) is 44.9 Å². The Morgan fingerprint density at radius 3 is 2.37 bits per heavy atom. The minimum absolute atomic E-state index is 0.0696. The third-order valence-electron chi connectivity index (χ3n) is 3.46. The Kier molecular flexibility index (Phi) is 6.80. The molecule has 4 heteroatoms. The van der Waals surface area contributed by atoms with Crippen molar-refractivity contribution >= 4 is 11.6 Å². The lowest BCUT2D eigenvalue weighted by Crippen LogP contribution is -2.39. The van der Waals surface area contributed by atoms with E-state index in [2.05, 4.69) is 18.9 Å². The summed E-state index contributed by atoms with van der Waals surface area (Å²) in [6, 6.07) is 8.08. The van der Waals surface area contributed by atoms with Gasteiger partial charge in [-0.05, 0) is 44.5 Å². The summed E-state index contributed by atoms with van der Waals surface area (Å²) >= 11 is 5.93. The van der Waals surface area contributed by atoms with Crippen molar-refractivity contribution in [2.75, 3.05) is 13.6 Å². The van der Waals surface area contributed by atoms with Crippen LogP contribution in [0.25, 0.3) is 0 Å². The van der Waals surface area contributed by atoms with Gasteiger partial charge < -0.3 is 10.8 Å². The lowest BCUT2D eigenvalue weighted by molar-refractivity contribution is 0.140. The molecule has 3 N–H and O–H groups in total. The van der Waals surface area contributed by atoms with Gasteiger partial charge in [0.15, 0.2) is 0 Å². The van der Waals surface area contributed by atoms with E-state index in [-0.39, 0.29) is 18.2 Å². The molecular formula is C15H25ClN2O. The fourth-order valence-electron chi connectivity index (χ4n) is 2.24. The first-order valence-electron chi connectivity index (χ1n) is 6.85. The zero-order valence-electron chi connectivity index (χ0n) is 12.0. The SMILES string of the molecule is CCC(N)C(c1ccc(Cl)cc1)N(C)CCC(C)O. The lowest BCUT2D eigenvalue weighted by atomic mass is 9.96. The van der Waals surface area contributed by atoms with E-state index in [1.54, 1.807) is 0 Å². The van der Waals surface area contributed by atoms with E-state index in [1.807, 2.05) is 31.2 Å². The highest BCUT2D eigenvalue weighted by Gasteiger charge is 2.23. The van der Waals surface area contributed by atoms with Gasteiger partial charge >= 0.3 is 0 Å². The molecule has 0 aliphatic rings. The predicted octanol–water partition coefficient (Wildman–Crippen LogP) is 2.82. The van der Waals surface area contributed by atoms with Crippen LogP contribution in [-0.4, -0.2) is 35.7 Å². The first-order valence-corrected chi connectivity index (χ1v) is 7.22. The standard InChI is InChI=1S/C15H25ClN2O/c1-4-14(17)15(18(3)10-9-11(2)19)12-5-7-13(16)8-6-12/h5-8,11,14-15,19H,4,9-10,17H2,1-3H3. The monoisotopic (exact) mass is 284 g/mol. The Balaban J connectivity index is 2.85. The van der Waals surface area contributed by atoms with Crippen LogP contribution in [0, 0.1) is 0 Å². The molecule has 0 amide bonds. The van der Waals surface area contributed by atoms with Gasteiger partial charge in [-0.15, -0.1) is 0 Å². The van der Waals surface area contributed by atoms with Crippen molar-refractivity contribution in [1.82, 2.24) is 4.90 Å². The Bertz CT molecular complexity index is 367. The molecular weight excluding hydrogens is 260 g/mol. The Hall–Kier alpha value is -0.610. The first kappa shape index (κ1) is 16.4. The summed E-state index contributed by atoms with van der Waals surface area (Å²) in [6.07, 6.45) is 1.37. The van der Waals surface area contributed by atoms with Crippen LogP contribution in [0.2, 0.25) is 5.02 Å². The minimum Gasteiger partial charge on any atom is -0.393 e. The highest BCUT2D eigenvalue weighted by molar-refractivity contribution is 6.30. The molecule has 19 heavy (non-hydrogen) atoms. The lowest BCUT2D eigenvalue weighted by Gasteiger charge is -2.33. The average molecular weight is 285 g/mol. The van der Waals surface area contributed by atoms with Crippen LogP contribution in [0.5, 0.6) is 0 Å². The maximum atomic E-state index is 9.41. The Labute approximate surface area is 121 Å². The van der Waals surface area contributed by atoms with E-state index in [0.29, 0.717) is 0 Å². The van der Waals surface area contributed by atoms with Crippen molar-refractivity contribution in [3.8, 4) is 0 Å². The number of benzene rings is 1. The molecule has 0 saturated carbocycles. The molecule has 1 aromatic carbocycles. The van der Waals surface area contributed by atoms with Gasteiger partial charge in [0.2, 0.25) is 0 Å². The third kappa shape index (κ3) is 5.11. The Morgan fingerprint density at radius 2 is 1.89 bits per heavy atom. The number of halogens is 1.